The van der Waals surface area contributed by atoms with Gasteiger partial charge in [-0.1, -0.05) is 13.3 Å². The largest absolute Gasteiger partial charge is 0.335 e. The van der Waals surface area contributed by atoms with Crippen LogP contribution in [0.3, 0.4) is 0 Å². The molecule has 1 aliphatic rings. The fourth-order valence-corrected chi connectivity index (χ4v) is 1.37. The second-order valence-corrected chi connectivity index (χ2v) is 3.45. The van der Waals surface area contributed by atoms with E-state index in [0.717, 1.165) is 12.8 Å². The number of unbranched alkanes of at least 4 members (excludes halogenated alkanes) is 1. The van der Waals surface area contributed by atoms with Crippen LogP contribution in [0.4, 0.5) is 4.79 Å². The van der Waals surface area contributed by atoms with Crippen LogP contribution in [0, 0.1) is 0 Å². The predicted molar refractivity (Wildman–Crippen MR) is 49.2 cm³/mol. The summed E-state index contributed by atoms with van der Waals surface area (Å²) >= 11 is 0. The number of carbonyl (C=O) groups excluding carboxylic acids is 2. The molecule has 4 heteroatoms. The van der Waals surface area contributed by atoms with Crippen LogP contribution in [0.25, 0.3) is 0 Å². The molecule has 0 aromatic rings. The molecule has 0 radical (unpaired) electrons. The van der Waals surface area contributed by atoms with E-state index in [0.29, 0.717) is 13.0 Å². The van der Waals surface area contributed by atoms with Crippen molar-refractivity contribution in [1.82, 2.24) is 10.2 Å². The molecule has 13 heavy (non-hydrogen) atoms. The summed E-state index contributed by atoms with van der Waals surface area (Å²) in [6.07, 6.45) is 2.30. The Morgan fingerprint density at radius 1 is 1.54 bits per heavy atom. The van der Waals surface area contributed by atoms with Crippen molar-refractivity contribution in [3.8, 4) is 0 Å². The standard InChI is InChI=1S/C9H16N2O2/c1-3-4-5-11-8(12)6-7(2)10-9(11)13/h7H,3-6H2,1-2H3,(H,10,13). The monoisotopic (exact) mass is 184 g/mol. The first-order valence-electron chi connectivity index (χ1n) is 4.76. The van der Waals surface area contributed by atoms with Crippen molar-refractivity contribution in [2.75, 3.05) is 6.54 Å². The van der Waals surface area contributed by atoms with E-state index in [2.05, 4.69) is 5.32 Å². The average molecular weight is 184 g/mol. The van der Waals surface area contributed by atoms with E-state index in [1.165, 1.54) is 4.90 Å². The minimum Gasteiger partial charge on any atom is -0.335 e. The van der Waals surface area contributed by atoms with E-state index in [4.69, 9.17) is 0 Å². The summed E-state index contributed by atoms with van der Waals surface area (Å²) in [6, 6.07) is -0.255. The van der Waals surface area contributed by atoms with E-state index in [9.17, 15) is 9.59 Å². The lowest BCUT2D eigenvalue weighted by atomic mass is 10.1. The number of nitrogens with zero attached hydrogens (tertiary/aromatic N) is 1. The molecule has 1 saturated heterocycles. The Hall–Kier alpha value is -1.06. The van der Waals surface area contributed by atoms with Gasteiger partial charge in [0.15, 0.2) is 0 Å². The van der Waals surface area contributed by atoms with Crippen molar-refractivity contribution in [2.45, 2.75) is 39.2 Å². The zero-order valence-corrected chi connectivity index (χ0v) is 8.17. The quantitative estimate of drug-likeness (QED) is 0.714. The number of imide groups is 1. The van der Waals surface area contributed by atoms with Crippen molar-refractivity contribution in [3.63, 3.8) is 0 Å². The van der Waals surface area contributed by atoms with Crippen molar-refractivity contribution in [2.24, 2.45) is 0 Å². The van der Waals surface area contributed by atoms with Crippen LogP contribution in [-0.4, -0.2) is 29.4 Å². The molecular formula is C9H16N2O2. The maximum absolute atomic E-state index is 11.4. The SMILES string of the molecule is CCCCN1C(=O)CC(C)NC1=O. The predicted octanol–water partition coefficient (Wildman–Crippen LogP) is 1.12. The molecule has 1 rings (SSSR count). The summed E-state index contributed by atoms with van der Waals surface area (Å²) in [4.78, 5) is 24.0. The van der Waals surface area contributed by atoms with Gasteiger partial charge in [-0.3, -0.25) is 9.69 Å². The van der Waals surface area contributed by atoms with Gasteiger partial charge in [0.2, 0.25) is 5.91 Å². The topological polar surface area (TPSA) is 49.4 Å². The Labute approximate surface area is 78.3 Å². The zero-order chi connectivity index (χ0) is 9.84. The normalized spacial score (nSPS) is 23.2. The summed E-state index contributed by atoms with van der Waals surface area (Å²) in [5.41, 5.74) is 0. The first-order chi connectivity index (χ1) is 6.15. The number of hydrogen-bond acceptors (Lipinski definition) is 2. The molecule has 1 heterocycles. The third kappa shape index (κ3) is 2.44. The van der Waals surface area contributed by atoms with Crippen LogP contribution < -0.4 is 5.32 Å². The van der Waals surface area contributed by atoms with Crippen LogP contribution in [0.2, 0.25) is 0 Å². The molecule has 0 bridgehead atoms. The van der Waals surface area contributed by atoms with Crippen LogP contribution >= 0.6 is 0 Å². The van der Waals surface area contributed by atoms with Crippen LogP contribution in [0.1, 0.15) is 33.1 Å². The van der Waals surface area contributed by atoms with Crippen molar-refractivity contribution in [1.29, 1.82) is 0 Å². The lowest BCUT2D eigenvalue weighted by Gasteiger charge is -2.29. The molecule has 1 atom stereocenters. The molecule has 74 valence electrons. The molecule has 0 spiro atoms. The molecule has 0 aromatic carbocycles. The number of nitrogens with one attached hydrogen (secondary N) is 1. The second-order valence-electron chi connectivity index (χ2n) is 3.45. The van der Waals surface area contributed by atoms with Crippen molar-refractivity contribution < 1.29 is 9.59 Å². The van der Waals surface area contributed by atoms with Gasteiger partial charge in [-0.25, -0.2) is 4.79 Å². The molecule has 1 fully saturated rings. The summed E-state index contributed by atoms with van der Waals surface area (Å²) in [5.74, 6) is -0.0512. The average Bonchev–Trinajstić information content (AvgIpc) is 2.02. The van der Waals surface area contributed by atoms with E-state index >= 15 is 0 Å². The summed E-state index contributed by atoms with van der Waals surface area (Å²) in [7, 11) is 0. The molecule has 1 aliphatic heterocycles. The van der Waals surface area contributed by atoms with Gasteiger partial charge in [-0.2, -0.15) is 0 Å². The van der Waals surface area contributed by atoms with Gasteiger partial charge in [0.05, 0.1) is 0 Å². The highest BCUT2D eigenvalue weighted by Gasteiger charge is 2.28. The Balaban J connectivity index is 2.52. The molecule has 1 unspecified atom stereocenters. The van der Waals surface area contributed by atoms with Crippen molar-refractivity contribution in [3.05, 3.63) is 0 Å². The Morgan fingerprint density at radius 2 is 2.23 bits per heavy atom. The molecule has 0 saturated carbocycles. The molecular weight excluding hydrogens is 168 g/mol. The summed E-state index contributed by atoms with van der Waals surface area (Å²) in [5, 5.41) is 2.73. The number of amides is 3. The fraction of sp³-hybridized carbons (Fsp3) is 0.778. The smallest absolute Gasteiger partial charge is 0.324 e. The number of carbonyl (C=O) groups is 2. The van der Waals surface area contributed by atoms with Gasteiger partial charge in [0.25, 0.3) is 0 Å². The van der Waals surface area contributed by atoms with E-state index in [1.54, 1.807) is 0 Å². The molecule has 3 amide bonds. The third-order valence-electron chi connectivity index (χ3n) is 2.13. The second kappa shape index (κ2) is 4.25. The Kier molecular flexibility index (Phi) is 3.28. The minimum absolute atomic E-state index is 0.0159. The highest BCUT2D eigenvalue weighted by molar-refractivity contribution is 5.97. The first kappa shape index (κ1) is 10.0. The maximum Gasteiger partial charge on any atom is 0.324 e. The first-order valence-corrected chi connectivity index (χ1v) is 4.76. The maximum atomic E-state index is 11.4. The Morgan fingerprint density at radius 3 is 2.77 bits per heavy atom. The fourth-order valence-electron chi connectivity index (χ4n) is 1.37. The summed E-state index contributed by atoms with van der Waals surface area (Å²) in [6.45, 7) is 4.43. The van der Waals surface area contributed by atoms with Crippen molar-refractivity contribution >= 4 is 11.9 Å². The van der Waals surface area contributed by atoms with Gasteiger partial charge in [-0.05, 0) is 13.3 Å². The van der Waals surface area contributed by atoms with E-state index < -0.39 is 0 Å². The lowest BCUT2D eigenvalue weighted by Crippen LogP contribution is -2.53. The van der Waals surface area contributed by atoms with Crippen LogP contribution in [0.15, 0.2) is 0 Å². The number of rotatable bonds is 3. The zero-order valence-electron chi connectivity index (χ0n) is 8.17. The molecule has 1 N–H and O–H groups in total. The molecule has 0 aromatic heterocycles. The minimum atomic E-state index is -0.239. The van der Waals surface area contributed by atoms with Gasteiger partial charge >= 0.3 is 6.03 Å². The molecule has 4 nitrogen and oxygen atoms in total. The van der Waals surface area contributed by atoms with Crippen LogP contribution in [-0.2, 0) is 4.79 Å². The van der Waals surface area contributed by atoms with E-state index in [-0.39, 0.29) is 18.0 Å². The highest BCUT2D eigenvalue weighted by atomic mass is 16.2. The van der Waals surface area contributed by atoms with Crippen LogP contribution in [0.5, 0.6) is 0 Å². The number of urea groups is 1. The molecule has 0 aliphatic carbocycles. The third-order valence-corrected chi connectivity index (χ3v) is 2.13. The Bertz CT molecular complexity index is 198. The highest BCUT2D eigenvalue weighted by Crippen LogP contribution is 2.07. The van der Waals surface area contributed by atoms with Gasteiger partial charge in [0, 0.05) is 19.0 Å². The number of hydrogen-bond donors (Lipinski definition) is 1. The van der Waals surface area contributed by atoms with Gasteiger partial charge in [0.1, 0.15) is 0 Å². The summed E-state index contributed by atoms with van der Waals surface area (Å²) < 4.78 is 0. The van der Waals surface area contributed by atoms with E-state index in [1.807, 2.05) is 13.8 Å². The lowest BCUT2D eigenvalue weighted by molar-refractivity contribution is -0.130. The van der Waals surface area contributed by atoms with Gasteiger partial charge < -0.3 is 5.32 Å². The van der Waals surface area contributed by atoms with Gasteiger partial charge in [-0.15, -0.1) is 0 Å².